The van der Waals surface area contributed by atoms with Crippen molar-refractivity contribution in [2.24, 2.45) is 5.10 Å². The van der Waals surface area contributed by atoms with E-state index in [9.17, 15) is 0 Å². The van der Waals surface area contributed by atoms with Crippen LogP contribution in [0.1, 0.15) is 5.56 Å². The summed E-state index contributed by atoms with van der Waals surface area (Å²) < 4.78 is 8.62. The van der Waals surface area contributed by atoms with Crippen molar-refractivity contribution in [3.8, 4) is 22.7 Å². The molecule has 0 bridgehead atoms. The standard InChI is InChI=1S/C19H16N6O/c1-26-18-9-7-15(8-10-18)19-16(11-22-24-13-20-21-14-24)12-25(23-19)17-5-3-2-4-6-17/h2-14H,1H3/b22-11+. The maximum atomic E-state index is 5.24. The SMILES string of the molecule is COc1ccc(-c2nn(-c3ccccc3)cc2/C=N/n2cnnc2)cc1. The van der Waals surface area contributed by atoms with E-state index >= 15 is 0 Å². The summed E-state index contributed by atoms with van der Waals surface area (Å²) in [7, 11) is 1.65. The zero-order valence-electron chi connectivity index (χ0n) is 14.1. The van der Waals surface area contributed by atoms with Gasteiger partial charge in [0.25, 0.3) is 0 Å². The molecule has 0 N–H and O–H groups in total. The summed E-state index contributed by atoms with van der Waals surface area (Å²) >= 11 is 0. The Balaban J connectivity index is 1.77. The Labute approximate surface area is 150 Å². The minimum absolute atomic E-state index is 0.802. The van der Waals surface area contributed by atoms with Gasteiger partial charge in [-0.2, -0.15) is 10.2 Å². The van der Waals surface area contributed by atoms with Gasteiger partial charge in [0, 0.05) is 17.3 Å². The fraction of sp³-hybridized carbons (Fsp3) is 0.0526. The molecule has 0 unspecified atom stereocenters. The van der Waals surface area contributed by atoms with Crippen LogP contribution in [0, 0.1) is 0 Å². The molecule has 0 atom stereocenters. The van der Waals surface area contributed by atoms with Crippen molar-refractivity contribution < 1.29 is 4.74 Å². The number of para-hydroxylation sites is 1. The Hall–Kier alpha value is -3.74. The van der Waals surface area contributed by atoms with Crippen LogP contribution in [0.15, 0.2) is 78.6 Å². The van der Waals surface area contributed by atoms with E-state index in [1.165, 1.54) is 17.3 Å². The summed E-state index contributed by atoms with van der Waals surface area (Å²) in [4.78, 5) is 0. The van der Waals surface area contributed by atoms with E-state index in [1.807, 2.05) is 65.5 Å². The third-order valence-corrected chi connectivity index (χ3v) is 3.86. The average molecular weight is 344 g/mol. The van der Waals surface area contributed by atoms with Crippen LogP contribution in [0.2, 0.25) is 0 Å². The van der Waals surface area contributed by atoms with Gasteiger partial charge in [-0.1, -0.05) is 18.2 Å². The van der Waals surface area contributed by atoms with Gasteiger partial charge in [-0.25, -0.2) is 9.36 Å². The summed E-state index contributed by atoms with van der Waals surface area (Å²) in [6.45, 7) is 0. The van der Waals surface area contributed by atoms with Gasteiger partial charge in [-0.05, 0) is 36.4 Å². The third kappa shape index (κ3) is 3.23. The van der Waals surface area contributed by atoms with Crippen molar-refractivity contribution in [2.45, 2.75) is 0 Å². The van der Waals surface area contributed by atoms with Crippen LogP contribution < -0.4 is 4.74 Å². The van der Waals surface area contributed by atoms with Gasteiger partial charge < -0.3 is 4.74 Å². The molecule has 4 rings (SSSR count). The number of hydrogen-bond acceptors (Lipinski definition) is 5. The predicted octanol–water partition coefficient (Wildman–Crippen LogP) is 3.02. The largest absolute Gasteiger partial charge is 0.497 e. The molecule has 0 spiro atoms. The van der Waals surface area contributed by atoms with E-state index < -0.39 is 0 Å². The second-order valence-corrected chi connectivity index (χ2v) is 5.53. The van der Waals surface area contributed by atoms with Crippen LogP contribution >= 0.6 is 0 Å². The first-order valence-corrected chi connectivity index (χ1v) is 8.02. The van der Waals surface area contributed by atoms with Crippen LogP contribution in [0.25, 0.3) is 16.9 Å². The number of nitrogens with zero attached hydrogens (tertiary/aromatic N) is 6. The van der Waals surface area contributed by atoms with Crippen LogP contribution in [0.5, 0.6) is 5.75 Å². The molecule has 26 heavy (non-hydrogen) atoms. The minimum Gasteiger partial charge on any atom is -0.497 e. The minimum atomic E-state index is 0.802. The molecule has 0 aliphatic heterocycles. The topological polar surface area (TPSA) is 70.1 Å². The van der Waals surface area contributed by atoms with Gasteiger partial charge in [0.05, 0.1) is 19.0 Å². The van der Waals surface area contributed by atoms with Crippen molar-refractivity contribution in [3.05, 3.63) is 79.0 Å². The van der Waals surface area contributed by atoms with Crippen molar-refractivity contribution in [1.82, 2.24) is 24.7 Å². The molecule has 0 aliphatic rings. The molecule has 0 fully saturated rings. The molecule has 7 heteroatoms. The highest BCUT2D eigenvalue weighted by atomic mass is 16.5. The van der Waals surface area contributed by atoms with Gasteiger partial charge >= 0.3 is 0 Å². The molecule has 0 amide bonds. The number of rotatable bonds is 5. The van der Waals surface area contributed by atoms with E-state index in [1.54, 1.807) is 13.3 Å². The molecular weight excluding hydrogens is 328 g/mol. The molecule has 2 aromatic carbocycles. The number of methoxy groups -OCH3 is 1. The maximum Gasteiger partial charge on any atom is 0.141 e. The average Bonchev–Trinajstić information content (AvgIpc) is 3.37. The Kier molecular flexibility index (Phi) is 4.26. The lowest BCUT2D eigenvalue weighted by molar-refractivity contribution is 0.415. The summed E-state index contributed by atoms with van der Waals surface area (Å²) in [5, 5.41) is 16.6. The van der Waals surface area contributed by atoms with Crippen molar-refractivity contribution in [2.75, 3.05) is 7.11 Å². The molecule has 0 saturated carbocycles. The molecular formula is C19H16N6O. The van der Waals surface area contributed by atoms with Gasteiger partial charge in [0.1, 0.15) is 24.1 Å². The second kappa shape index (κ2) is 7.02. The highest BCUT2D eigenvalue weighted by Crippen LogP contribution is 2.25. The van der Waals surface area contributed by atoms with Crippen molar-refractivity contribution in [1.29, 1.82) is 0 Å². The van der Waals surface area contributed by atoms with E-state index in [0.29, 0.717) is 0 Å². The normalized spacial score (nSPS) is 11.1. The van der Waals surface area contributed by atoms with Crippen LogP contribution in [-0.4, -0.2) is 38.0 Å². The molecule has 0 radical (unpaired) electrons. The van der Waals surface area contributed by atoms with Crippen molar-refractivity contribution >= 4 is 6.21 Å². The molecule has 4 aromatic rings. The third-order valence-electron chi connectivity index (χ3n) is 3.86. The highest BCUT2D eigenvalue weighted by molar-refractivity contribution is 5.88. The predicted molar refractivity (Wildman–Crippen MR) is 98.6 cm³/mol. The summed E-state index contributed by atoms with van der Waals surface area (Å²) in [6.07, 6.45) is 6.76. The van der Waals surface area contributed by atoms with E-state index in [2.05, 4.69) is 15.3 Å². The lowest BCUT2D eigenvalue weighted by atomic mass is 10.1. The lowest BCUT2D eigenvalue weighted by Crippen LogP contribution is -1.94. The molecule has 2 heterocycles. The number of ether oxygens (including phenoxy) is 1. The van der Waals surface area contributed by atoms with Gasteiger partial charge in [-0.15, -0.1) is 10.2 Å². The summed E-state index contributed by atoms with van der Waals surface area (Å²) in [6, 6.07) is 17.7. The van der Waals surface area contributed by atoms with Crippen LogP contribution in [0.4, 0.5) is 0 Å². The Bertz CT molecular complexity index is 1000. The number of benzene rings is 2. The lowest BCUT2D eigenvalue weighted by Gasteiger charge is -2.02. The first kappa shape index (κ1) is 15.8. The number of hydrogen-bond donors (Lipinski definition) is 0. The van der Waals surface area contributed by atoms with E-state index in [4.69, 9.17) is 9.84 Å². The first-order valence-electron chi connectivity index (χ1n) is 8.02. The zero-order chi connectivity index (χ0) is 17.8. The second-order valence-electron chi connectivity index (χ2n) is 5.53. The molecule has 2 aromatic heterocycles. The Morgan fingerprint density at radius 3 is 2.38 bits per heavy atom. The van der Waals surface area contributed by atoms with Crippen LogP contribution in [0.3, 0.4) is 0 Å². The van der Waals surface area contributed by atoms with Crippen molar-refractivity contribution in [3.63, 3.8) is 0 Å². The van der Waals surface area contributed by atoms with Gasteiger partial charge in [0.2, 0.25) is 0 Å². The molecule has 0 saturated heterocycles. The molecule has 128 valence electrons. The Morgan fingerprint density at radius 2 is 1.69 bits per heavy atom. The van der Waals surface area contributed by atoms with E-state index in [-0.39, 0.29) is 0 Å². The fourth-order valence-electron chi connectivity index (χ4n) is 2.55. The maximum absolute atomic E-state index is 5.24. The fourth-order valence-corrected chi connectivity index (χ4v) is 2.55. The monoisotopic (exact) mass is 344 g/mol. The zero-order valence-corrected chi connectivity index (χ0v) is 14.1. The smallest absolute Gasteiger partial charge is 0.141 e. The number of aromatic nitrogens is 5. The van der Waals surface area contributed by atoms with Crippen LogP contribution in [-0.2, 0) is 0 Å². The van der Waals surface area contributed by atoms with Gasteiger partial charge in [0.15, 0.2) is 0 Å². The highest BCUT2D eigenvalue weighted by Gasteiger charge is 2.11. The molecule has 7 nitrogen and oxygen atoms in total. The van der Waals surface area contributed by atoms with E-state index in [0.717, 1.165) is 28.3 Å². The quantitative estimate of drug-likeness (QED) is 0.522. The van der Waals surface area contributed by atoms with Gasteiger partial charge in [-0.3, -0.25) is 0 Å². The Morgan fingerprint density at radius 1 is 0.962 bits per heavy atom. The summed E-state index contributed by atoms with van der Waals surface area (Å²) in [5.41, 5.74) is 3.66. The molecule has 0 aliphatic carbocycles. The first-order chi connectivity index (χ1) is 12.8. The summed E-state index contributed by atoms with van der Waals surface area (Å²) in [5.74, 6) is 0.802.